The minimum Gasteiger partial charge on any atom is -0.478 e. The maximum Gasteiger partial charge on any atom is 0.338 e. The van der Waals surface area contributed by atoms with Gasteiger partial charge in [0.25, 0.3) is 0 Å². The van der Waals surface area contributed by atoms with Crippen LogP contribution in [0.5, 0.6) is 6.01 Å². The second kappa shape index (κ2) is 3.20. The molecule has 11 heavy (non-hydrogen) atoms. The third-order valence-electron chi connectivity index (χ3n) is 0.957. The fourth-order valence-corrected chi connectivity index (χ4v) is 0.568. The van der Waals surface area contributed by atoms with Crippen molar-refractivity contribution in [3.05, 3.63) is 18.0 Å². The molecule has 0 unspecified atom stereocenters. The van der Waals surface area contributed by atoms with Crippen molar-refractivity contribution in [3.8, 4) is 6.01 Å². The third-order valence-corrected chi connectivity index (χ3v) is 1.12. The Morgan fingerprint density at radius 2 is 2.09 bits per heavy atom. The van der Waals surface area contributed by atoms with Gasteiger partial charge in [0.2, 0.25) is 0 Å². The molecule has 0 atom stereocenters. The molecule has 1 aromatic heterocycles. The first kappa shape index (κ1) is 7.80. The van der Waals surface area contributed by atoms with Gasteiger partial charge in [-0.25, -0.2) is 14.8 Å². The summed E-state index contributed by atoms with van der Waals surface area (Å²) in [6, 6.07) is 0.0262. The molecule has 58 valence electrons. The summed E-state index contributed by atoms with van der Waals surface area (Å²) in [6.07, 6.45) is 2.28. The summed E-state index contributed by atoms with van der Waals surface area (Å²) in [7, 11) is 0. The first-order valence-electron chi connectivity index (χ1n) is 2.61. The van der Waals surface area contributed by atoms with Crippen molar-refractivity contribution in [1.82, 2.24) is 9.97 Å². The van der Waals surface area contributed by atoms with Crippen molar-refractivity contribution in [1.29, 1.82) is 0 Å². The number of aromatic carboxylic acids is 1. The minimum atomic E-state index is -1.07. The molecule has 1 aromatic rings. The Morgan fingerprint density at radius 1 is 1.55 bits per heavy atom. The van der Waals surface area contributed by atoms with Gasteiger partial charge in [0.1, 0.15) is 0 Å². The summed E-state index contributed by atoms with van der Waals surface area (Å²) in [5, 5.41) is 8.41. The topological polar surface area (TPSA) is 72.3 Å². The van der Waals surface area contributed by atoms with Crippen LogP contribution in [0, 0.1) is 0 Å². The Balaban J connectivity index is 2.91. The van der Waals surface area contributed by atoms with Gasteiger partial charge in [0.05, 0.1) is 5.56 Å². The maximum atomic E-state index is 10.3. The van der Waals surface area contributed by atoms with Crippen molar-refractivity contribution in [2.45, 2.75) is 0 Å². The second-order valence-electron chi connectivity index (χ2n) is 1.65. The molecule has 0 radical (unpaired) electrons. The van der Waals surface area contributed by atoms with Gasteiger partial charge in [-0.1, -0.05) is 0 Å². The van der Waals surface area contributed by atoms with Gasteiger partial charge in [-0.2, -0.15) is 0 Å². The molecule has 0 aliphatic heterocycles. The molecule has 0 saturated carbocycles. The van der Waals surface area contributed by atoms with Crippen LogP contribution >= 0.6 is 12.9 Å². The van der Waals surface area contributed by atoms with Crippen molar-refractivity contribution in [3.63, 3.8) is 0 Å². The molecule has 5 nitrogen and oxygen atoms in total. The van der Waals surface area contributed by atoms with Crippen molar-refractivity contribution >= 4 is 18.9 Å². The zero-order valence-electron chi connectivity index (χ0n) is 5.26. The molecule has 1 rings (SSSR count). The van der Waals surface area contributed by atoms with Gasteiger partial charge in [0.15, 0.2) is 0 Å². The summed E-state index contributed by atoms with van der Waals surface area (Å²) in [5.41, 5.74) is 0.0131. The summed E-state index contributed by atoms with van der Waals surface area (Å²) < 4.78 is 4.33. The van der Waals surface area contributed by atoms with E-state index in [2.05, 4.69) is 27.1 Å². The average Bonchev–Trinajstić information content (AvgIpc) is 2.05. The van der Waals surface area contributed by atoms with E-state index in [1.54, 1.807) is 0 Å². The van der Waals surface area contributed by atoms with Gasteiger partial charge in [0, 0.05) is 25.3 Å². The van der Waals surface area contributed by atoms with Crippen LogP contribution in [0.15, 0.2) is 12.4 Å². The number of carboxylic acids is 1. The standard InChI is InChI=1S/C5H4N2O3S/c8-4(9)3-1-6-5(10-11)7-2-3/h1-2,11H,(H,8,9). The number of carboxylic acid groups (broad SMARTS) is 1. The molecule has 0 spiro atoms. The molecule has 0 aliphatic carbocycles. The third kappa shape index (κ3) is 1.81. The zero-order valence-corrected chi connectivity index (χ0v) is 6.15. The van der Waals surface area contributed by atoms with Crippen LogP contribution in [0.2, 0.25) is 0 Å². The molecule has 0 aliphatic rings. The SMILES string of the molecule is O=C(O)c1cnc(OS)nc1. The molecular formula is C5H4N2O3S. The molecule has 1 N–H and O–H groups in total. The monoisotopic (exact) mass is 172 g/mol. The van der Waals surface area contributed by atoms with E-state index < -0.39 is 5.97 Å². The van der Waals surface area contributed by atoms with Gasteiger partial charge < -0.3 is 9.29 Å². The highest BCUT2D eigenvalue weighted by atomic mass is 32.1. The summed E-state index contributed by atoms with van der Waals surface area (Å²) in [5.74, 6) is -1.07. The molecule has 0 aromatic carbocycles. The fourth-order valence-electron chi connectivity index (χ4n) is 0.474. The van der Waals surface area contributed by atoms with E-state index in [1.807, 2.05) is 0 Å². The number of rotatable bonds is 2. The highest BCUT2D eigenvalue weighted by Gasteiger charge is 2.03. The summed E-state index contributed by atoms with van der Waals surface area (Å²) >= 11 is 3.42. The highest BCUT2D eigenvalue weighted by Crippen LogP contribution is 2.02. The molecular weight excluding hydrogens is 168 g/mol. The quantitative estimate of drug-likeness (QED) is 0.499. The number of nitrogens with zero attached hydrogens (tertiary/aromatic N) is 2. The second-order valence-corrected chi connectivity index (χ2v) is 1.83. The molecule has 0 bridgehead atoms. The lowest BCUT2D eigenvalue weighted by molar-refractivity contribution is 0.0696. The van der Waals surface area contributed by atoms with E-state index in [4.69, 9.17) is 5.11 Å². The average molecular weight is 172 g/mol. The predicted molar refractivity (Wildman–Crippen MR) is 38.6 cm³/mol. The van der Waals surface area contributed by atoms with Crippen LogP contribution in [0.25, 0.3) is 0 Å². The normalized spacial score (nSPS) is 9.18. The van der Waals surface area contributed by atoms with E-state index in [0.29, 0.717) is 0 Å². The number of hydrogen-bond donors (Lipinski definition) is 2. The number of hydrogen-bond acceptors (Lipinski definition) is 5. The van der Waals surface area contributed by atoms with Gasteiger partial charge in [-0.15, -0.1) is 0 Å². The van der Waals surface area contributed by atoms with Crippen LogP contribution in [-0.2, 0) is 0 Å². The summed E-state index contributed by atoms with van der Waals surface area (Å²) in [6.45, 7) is 0. The van der Waals surface area contributed by atoms with Crippen molar-refractivity contribution in [2.75, 3.05) is 0 Å². The van der Waals surface area contributed by atoms with E-state index >= 15 is 0 Å². The first-order valence-corrected chi connectivity index (χ1v) is 2.97. The van der Waals surface area contributed by atoms with Crippen LogP contribution in [0.3, 0.4) is 0 Å². The van der Waals surface area contributed by atoms with Crippen LogP contribution < -0.4 is 4.18 Å². The Kier molecular flexibility index (Phi) is 2.27. The van der Waals surface area contributed by atoms with Crippen LogP contribution in [0.1, 0.15) is 10.4 Å². The van der Waals surface area contributed by atoms with E-state index in [1.165, 1.54) is 0 Å². The van der Waals surface area contributed by atoms with E-state index in [0.717, 1.165) is 12.4 Å². The van der Waals surface area contributed by atoms with Crippen LogP contribution in [0.4, 0.5) is 0 Å². The lowest BCUT2D eigenvalue weighted by Gasteiger charge is -1.94. The van der Waals surface area contributed by atoms with E-state index in [9.17, 15) is 4.79 Å². The fraction of sp³-hybridized carbons (Fsp3) is 0. The largest absolute Gasteiger partial charge is 0.478 e. The number of aromatic nitrogens is 2. The number of thiol groups is 1. The minimum absolute atomic E-state index is 0.0131. The van der Waals surface area contributed by atoms with Crippen molar-refractivity contribution < 1.29 is 14.1 Å². The van der Waals surface area contributed by atoms with E-state index in [-0.39, 0.29) is 11.6 Å². The van der Waals surface area contributed by atoms with Crippen molar-refractivity contribution in [2.24, 2.45) is 0 Å². The maximum absolute atomic E-state index is 10.3. The Bertz CT molecular complexity index is 261. The molecule has 0 saturated heterocycles. The van der Waals surface area contributed by atoms with Gasteiger partial charge in [-0.05, 0) is 0 Å². The smallest absolute Gasteiger partial charge is 0.338 e. The Labute approximate surface area is 67.7 Å². The molecule has 0 fully saturated rings. The Hall–Kier alpha value is -1.30. The number of carbonyl (C=O) groups is 1. The predicted octanol–water partition coefficient (Wildman–Crippen LogP) is 0.398. The zero-order chi connectivity index (χ0) is 8.27. The lowest BCUT2D eigenvalue weighted by atomic mass is 10.4. The molecule has 0 amide bonds. The Morgan fingerprint density at radius 3 is 2.45 bits per heavy atom. The van der Waals surface area contributed by atoms with Gasteiger partial charge in [-0.3, -0.25) is 0 Å². The molecule has 6 heteroatoms. The van der Waals surface area contributed by atoms with Gasteiger partial charge >= 0.3 is 12.0 Å². The lowest BCUT2D eigenvalue weighted by Crippen LogP contribution is -1.98. The molecule has 1 heterocycles. The summed E-state index contributed by atoms with van der Waals surface area (Å²) in [4.78, 5) is 17.3. The highest BCUT2D eigenvalue weighted by molar-refractivity contribution is 7.75. The van der Waals surface area contributed by atoms with Crippen LogP contribution in [-0.4, -0.2) is 21.0 Å². The first-order chi connectivity index (χ1) is 5.24.